The van der Waals surface area contributed by atoms with Crippen molar-refractivity contribution in [2.45, 2.75) is 38.3 Å². The second kappa shape index (κ2) is 4.79. The Bertz CT molecular complexity index is 194. The van der Waals surface area contributed by atoms with Crippen molar-refractivity contribution in [3.8, 4) is 0 Å². The maximum absolute atomic E-state index is 14.5. The topological polar surface area (TPSA) is 15.3 Å². The van der Waals surface area contributed by atoms with E-state index in [4.69, 9.17) is 0 Å². The van der Waals surface area contributed by atoms with Gasteiger partial charge in [-0.2, -0.15) is 0 Å². The zero-order valence-electron chi connectivity index (χ0n) is 9.77. The van der Waals surface area contributed by atoms with Crippen molar-refractivity contribution in [3.05, 3.63) is 0 Å². The molecular weight excluding hydrogens is 191 g/mol. The molecule has 0 aromatic carbocycles. The first-order valence-corrected chi connectivity index (χ1v) is 6.30. The molecule has 2 fully saturated rings. The van der Waals surface area contributed by atoms with E-state index in [1.807, 2.05) is 0 Å². The molecule has 15 heavy (non-hydrogen) atoms. The molecule has 1 aliphatic carbocycles. The van der Waals surface area contributed by atoms with E-state index in [0.717, 1.165) is 57.8 Å². The standard InChI is InChI=1S/C12H23FN2/c1-11-2-4-12(13,5-3-11)10-15-8-6-14-7-9-15/h11,14H,2-10H2,1H3. The van der Waals surface area contributed by atoms with Gasteiger partial charge in [-0.1, -0.05) is 6.92 Å². The van der Waals surface area contributed by atoms with E-state index in [0.29, 0.717) is 6.54 Å². The molecule has 2 nitrogen and oxygen atoms in total. The van der Waals surface area contributed by atoms with Crippen molar-refractivity contribution >= 4 is 0 Å². The van der Waals surface area contributed by atoms with Crippen molar-refractivity contribution in [1.29, 1.82) is 0 Å². The molecular formula is C12H23FN2. The lowest BCUT2D eigenvalue weighted by Gasteiger charge is -2.38. The zero-order chi connectivity index (χ0) is 10.7. The number of hydrogen-bond donors (Lipinski definition) is 1. The molecule has 0 bridgehead atoms. The number of nitrogens with zero attached hydrogens (tertiary/aromatic N) is 1. The largest absolute Gasteiger partial charge is 0.314 e. The van der Waals surface area contributed by atoms with Crippen molar-refractivity contribution < 1.29 is 4.39 Å². The normalized spacial score (nSPS) is 39.2. The lowest BCUT2D eigenvalue weighted by atomic mass is 9.80. The van der Waals surface area contributed by atoms with E-state index >= 15 is 0 Å². The summed E-state index contributed by atoms with van der Waals surface area (Å²) in [5.74, 6) is 0.733. The van der Waals surface area contributed by atoms with Crippen LogP contribution >= 0.6 is 0 Å². The summed E-state index contributed by atoms with van der Waals surface area (Å²) in [6.07, 6.45) is 3.70. The average Bonchev–Trinajstić information content (AvgIpc) is 2.24. The average molecular weight is 214 g/mol. The van der Waals surface area contributed by atoms with Crippen LogP contribution in [0.3, 0.4) is 0 Å². The SMILES string of the molecule is CC1CCC(F)(CN2CCNCC2)CC1. The first-order chi connectivity index (χ1) is 7.18. The highest BCUT2D eigenvalue weighted by Crippen LogP contribution is 2.35. The van der Waals surface area contributed by atoms with Crippen molar-refractivity contribution in [1.82, 2.24) is 10.2 Å². The molecule has 1 heterocycles. The van der Waals surface area contributed by atoms with E-state index in [2.05, 4.69) is 17.1 Å². The molecule has 1 saturated carbocycles. The maximum Gasteiger partial charge on any atom is 0.123 e. The Hall–Kier alpha value is -0.150. The van der Waals surface area contributed by atoms with Crippen LogP contribution in [0.15, 0.2) is 0 Å². The van der Waals surface area contributed by atoms with Gasteiger partial charge in [0.25, 0.3) is 0 Å². The molecule has 1 N–H and O–H groups in total. The number of rotatable bonds is 2. The summed E-state index contributed by atoms with van der Waals surface area (Å²) in [6.45, 7) is 6.98. The van der Waals surface area contributed by atoms with Crippen molar-refractivity contribution in [3.63, 3.8) is 0 Å². The molecule has 1 aliphatic heterocycles. The van der Waals surface area contributed by atoms with E-state index < -0.39 is 5.67 Å². The van der Waals surface area contributed by atoms with Gasteiger partial charge < -0.3 is 5.32 Å². The van der Waals surface area contributed by atoms with Crippen molar-refractivity contribution in [2.24, 2.45) is 5.92 Å². The summed E-state index contributed by atoms with van der Waals surface area (Å²) in [5, 5.41) is 3.31. The van der Waals surface area contributed by atoms with Crippen LogP contribution in [-0.4, -0.2) is 43.3 Å². The molecule has 2 aliphatic rings. The second-order valence-corrected chi connectivity index (χ2v) is 5.36. The number of piperazine rings is 1. The fourth-order valence-electron chi connectivity index (χ4n) is 2.71. The summed E-state index contributed by atoms with van der Waals surface area (Å²) in [4.78, 5) is 2.28. The van der Waals surface area contributed by atoms with Crippen LogP contribution < -0.4 is 5.32 Å². The Balaban J connectivity index is 1.81. The Labute approximate surface area is 92.2 Å². The van der Waals surface area contributed by atoms with E-state index in [1.54, 1.807) is 0 Å². The number of hydrogen-bond acceptors (Lipinski definition) is 2. The third kappa shape index (κ3) is 3.15. The molecule has 0 atom stereocenters. The zero-order valence-corrected chi connectivity index (χ0v) is 9.77. The highest BCUT2D eigenvalue weighted by Gasteiger charge is 2.35. The van der Waals surface area contributed by atoms with Crippen LogP contribution in [0.25, 0.3) is 0 Å². The lowest BCUT2D eigenvalue weighted by molar-refractivity contribution is 0.0387. The molecule has 0 aromatic rings. The Morgan fingerprint density at radius 3 is 2.47 bits per heavy atom. The van der Waals surface area contributed by atoms with Gasteiger partial charge >= 0.3 is 0 Å². The first kappa shape index (κ1) is 11.3. The molecule has 0 radical (unpaired) electrons. The Morgan fingerprint density at radius 2 is 1.87 bits per heavy atom. The van der Waals surface area contributed by atoms with Gasteiger partial charge in [-0.25, -0.2) is 4.39 Å². The minimum atomic E-state index is -0.885. The fourth-order valence-corrected chi connectivity index (χ4v) is 2.71. The van der Waals surface area contributed by atoms with Crippen molar-refractivity contribution in [2.75, 3.05) is 32.7 Å². The van der Waals surface area contributed by atoms with Gasteiger partial charge in [0.2, 0.25) is 0 Å². The number of alkyl halides is 1. The smallest absolute Gasteiger partial charge is 0.123 e. The van der Waals surface area contributed by atoms with Crippen LogP contribution in [0.2, 0.25) is 0 Å². The summed E-state index contributed by atoms with van der Waals surface area (Å²) in [6, 6.07) is 0. The lowest BCUT2D eigenvalue weighted by Crippen LogP contribution is -2.50. The van der Waals surface area contributed by atoms with Gasteiger partial charge in [0.05, 0.1) is 0 Å². The second-order valence-electron chi connectivity index (χ2n) is 5.36. The van der Waals surface area contributed by atoms with E-state index in [9.17, 15) is 4.39 Å². The Morgan fingerprint density at radius 1 is 1.27 bits per heavy atom. The number of nitrogens with one attached hydrogen (secondary N) is 1. The van der Waals surface area contributed by atoms with Crippen LogP contribution in [0, 0.1) is 5.92 Å². The first-order valence-electron chi connectivity index (χ1n) is 6.30. The van der Waals surface area contributed by atoms with E-state index in [1.165, 1.54) is 0 Å². The van der Waals surface area contributed by atoms with Crippen LogP contribution in [0.5, 0.6) is 0 Å². The van der Waals surface area contributed by atoms with Crippen LogP contribution in [0.4, 0.5) is 4.39 Å². The highest BCUT2D eigenvalue weighted by atomic mass is 19.1. The molecule has 1 saturated heterocycles. The minimum Gasteiger partial charge on any atom is -0.314 e. The highest BCUT2D eigenvalue weighted by molar-refractivity contribution is 4.88. The van der Waals surface area contributed by atoms with Gasteiger partial charge in [-0.05, 0) is 31.6 Å². The predicted molar refractivity (Wildman–Crippen MR) is 60.8 cm³/mol. The summed E-state index contributed by atoms with van der Waals surface area (Å²) in [7, 11) is 0. The minimum absolute atomic E-state index is 0.668. The van der Waals surface area contributed by atoms with Gasteiger partial charge in [-0.15, -0.1) is 0 Å². The van der Waals surface area contributed by atoms with Gasteiger partial charge in [0, 0.05) is 32.7 Å². The number of halogens is 1. The quantitative estimate of drug-likeness (QED) is 0.754. The molecule has 0 unspecified atom stereocenters. The van der Waals surface area contributed by atoms with Gasteiger partial charge in [0.1, 0.15) is 5.67 Å². The van der Waals surface area contributed by atoms with E-state index in [-0.39, 0.29) is 0 Å². The van der Waals surface area contributed by atoms with Gasteiger partial charge in [0.15, 0.2) is 0 Å². The Kier molecular flexibility index (Phi) is 3.62. The summed E-state index contributed by atoms with van der Waals surface area (Å²) in [5.41, 5.74) is -0.885. The fraction of sp³-hybridized carbons (Fsp3) is 1.00. The molecule has 88 valence electrons. The molecule has 0 amide bonds. The third-order valence-electron chi connectivity index (χ3n) is 3.89. The maximum atomic E-state index is 14.5. The molecule has 0 aromatic heterocycles. The molecule has 3 heteroatoms. The monoisotopic (exact) mass is 214 g/mol. The van der Waals surface area contributed by atoms with Gasteiger partial charge in [-0.3, -0.25) is 4.90 Å². The molecule has 2 rings (SSSR count). The molecule has 0 spiro atoms. The summed E-state index contributed by atoms with van der Waals surface area (Å²) >= 11 is 0. The summed E-state index contributed by atoms with van der Waals surface area (Å²) < 4.78 is 14.5. The van der Waals surface area contributed by atoms with Crippen LogP contribution in [-0.2, 0) is 0 Å². The third-order valence-corrected chi connectivity index (χ3v) is 3.89. The van der Waals surface area contributed by atoms with Crippen LogP contribution in [0.1, 0.15) is 32.6 Å². The predicted octanol–water partition coefficient (Wildman–Crippen LogP) is 1.81.